The summed E-state index contributed by atoms with van der Waals surface area (Å²) in [5, 5.41) is 12.5. The molecule has 0 fully saturated rings. The van der Waals surface area contributed by atoms with Crippen LogP contribution in [0.2, 0.25) is 0 Å². The Morgan fingerprint density at radius 1 is 1.33 bits per heavy atom. The Balaban J connectivity index is 2.70. The first-order valence-corrected chi connectivity index (χ1v) is 6.44. The summed E-state index contributed by atoms with van der Waals surface area (Å²) in [5.41, 5.74) is 2.13. The van der Waals surface area contributed by atoms with Gasteiger partial charge in [-0.05, 0) is 42.0 Å². The number of aliphatic hydroxyl groups excluding tert-OH is 1. The fourth-order valence-electron chi connectivity index (χ4n) is 2.03. The van der Waals surface area contributed by atoms with Crippen molar-refractivity contribution in [3.8, 4) is 0 Å². The Morgan fingerprint density at radius 2 is 2.00 bits per heavy atom. The monoisotopic (exact) mass is 253 g/mol. The van der Waals surface area contributed by atoms with E-state index >= 15 is 0 Å². The third kappa shape index (κ3) is 4.39. The number of aliphatic hydroxyl groups is 1. The number of hydrogen-bond acceptors (Lipinski definition) is 2. The van der Waals surface area contributed by atoms with Gasteiger partial charge in [0, 0.05) is 19.2 Å². The Kier molecular flexibility index (Phi) is 5.29. The molecule has 2 nitrogen and oxygen atoms in total. The Morgan fingerprint density at radius 3 is 2.56 bits per heavy atom. The third-order valence-corrected chi connectivity index (χ3v) is 3.31. The summed E-state index contributed by atoms with van der Waals surface area (Å²) < 4.78 is 13.2. The maximum absolute atomic E-state index is 13.2. The molecule has 0 aromatic heterocycles. The molecule has 1 aromatic carbocycles. The average Bonchev–Trinajstić information content (AvgIpc) is 2.27. The highest BCUT2D eigenvalue weighted by atomic mass is 19.1. The van der Waals surface area contributed by atoms with Crippen LogP contribution in [0.15, 0.2) is 18.2 Å². The Hall–Kier alpha value is -0.930. The number of hydrogen-bond donors (Lipinski definition) is 2. The molecule has 0 spiro atoms. The smallest absolute Gasteiger partial charge is 0.123 e. The van der Waals surface area contributed by atoms with Crippen molar-refractivity contribution in [1.82, 2.24) is 5.32 Å². The van der Waals surface area contributed by atoms with E-state index in [-0.39, 0.29) is 23.9 Å². The lowest BCUT2D eigenvalue weighted by molar-refractivity contribution is 0.196. The Bertz CT molecular complexity index is 385. The first kappa shape index (κ1) is 15.1. The van der Waals surface area contributed by atoms with E-state index in [1.54, 1.807) is 12.1 Å². The zero-order valence-electron chi connectivity index (χ0n) is 11.8. The van der Waals surface area contributed by atoms with Crippen molar-refractivity contribution in [2.24, 2.45) is 5.41 Å². The van der Waals surface area contributed by atoms with Crippen molar-refractivity contribution in [3.05, 3.63) is 35.1 Å². The van der Waals surface area contributed by atoms with Crippen molar-refractivity contribution in [2.75, 3.05) is 6.61 Å². The van der Waals surface area contributed by atoms with Gasteiger partial charge in [0.2, 0.25) is 0 Å². The van der Waals surface area contributed by atoms with E-state index in [0.717, 1.165) is 11.1 Å². The minimum atomic E-state index is -0.202. The van der Waals surface area contributed by atoms with E-state index in [4.69, 9.17) is 5.11 Å². The standard InChI is InChI=1S/C15H24FNO/c1-11-5-6-13(16)9-12(11)10-17-14(7-8-18)15(2,3)4/h5-6,9,14,17-18H,7-8,10H2,1-4H3. The highest BCUT2D eigenvalue weighted by molar-refractivity contribution is 5.26. The summed E-state index contributed by atoms with van der Waals surface area (Å²) in [7, 11) is 0. The fourth-order valence-corrected chi connectivity index (χ4v) is 2.03. The lowest BCUT2D eigenvalue weighted by Gasteiger charge is -2.31. The van der Waals surface area contributed by atoms with Gasteiger partial charge in [-0.15, -0.1) is 0 Å². The van der Waals surface area contributed by atoms with Crippen molar-refractivity contribution < 1.29 is 9.50 Å². The van der Waals surface area contributed by atoms with Crippen LogP contribution in [0.4, 0.5) is 4.39 Å². The maximum atomic E-state index is 13.2. The van der Waals surface area contributed by atoms with Crippen molar-refractivity contribution >= 4 is 0 Å². The van der Waals surface area contributed by atoms with E-state index < -0.39 is 0 Å². The molecule has 1 aromatic rings. The summed E-state index contributed by atoms with van der Waals surface area (Å²) in [5.74, 6) is -0.202. The van der Waals surface area contributed by atoms with Crippen LogP contribution in [0.25, 0.3) is 0 Å². The van der Waals surface area contributed by atoms with Gasteiger partial charge in [0.1, 0.15) is 5.82 Å². The second kappa shape index (κ2) is 6.30. The highest BCUT2D eigenvalue weighted by Crippen LogP contribution is 2.22. The van der Waals surface area contributed by atoms with Crippen LogP contribution in [-0.4, -0.2) is 17.8 Å². The van der Waals surface area contributed by atoms with Crippen LogP contribution in [0, 0.1) is 18.2 Å². The highest BCUT2D eigenvalue weighted by Gasteiger charge is 2.23. The molecule has 0 heterocycles. The predicted molar refractivity (Wildman–Crippen MR) is 72.9 cm³/mol. The molecule has 1 unspecified atom stereocenters. The normalized spacial score (nSPS) is 13.7. The van der Waals surface area contributed by atoms with Crippen molar-refractivity contribution in [3.63, 3.8) is 0 Å². The van der Waals surface area contributed by atoms with Gasteiger partial charge in [-0.3, -0.25) is 0 Å². The van der Waals surface area contributed by atoms with Gasteiger partial charge in [0.05, 0.1) is 0 Å². The molecule has 0 saturated heterocycles. The fraction of sp³-hybridized carbons (Fsp3) is 0.600. The van der Waals surface area contributed by atoms with Crippen LogP contribution >= 0.6 is 0 Å². The average molecular weight is 253 g/mol. The molecular weight excluding hydrogens is 229 g/mol. The van der Waals surface area contributed by atoms with E-state index in [1.165, 1.54) is 6.07 Å². The van der Waals surface area contributed by atoms with Gasteiger partial charge in [-0.25, -0.2) is 4.39 Å². The van der Waals surface area contributed by atoms with Gasteiger partial charge >= 0.3 is 0 Å². The van der Waals surface area contributed by atoms with Crippen LogP contribution in [0.1, 0.15) is 38.3 Å². The molecule has 2 N–H and O–H groups in total. The number of aryl methyl sites for hydroxylation is 1. The summed E-state index contributed by atoms with van der Waals surface area (Å²) in [6.07, 6.45) is 0.706. The van der Waals surface area contributed by atoms with Gasteiger partial charge < -0.3 is 10.4 Å². The zero-order chi connectivity index (χ0) is 13.8. The molecule has 3 heteroatoms. The summed E-state index contributed by atoms with van der Waals surface area (Å²) in [6.45, 7) is 9.19. The van der Waals surface area contributed by atoms with E-state index in [1.807, 2.05) is 6.92 Å². The second-order valence-electron chi connectivity index (χ2n) is 5.88. The van der Waals surface area contributed by atoms with Crippen LogP contribution in [-0.2, 0) is 6.54 Å². The van der Waals surface area contributed by atoms with E-state index in [2.05, 4.69) is 26.1 Å². The molecule has 0 bridgehead atoms. The molecule has 1 rings (SSSR count). The minimum absolute atomic E-state index is 0.0734. The summed E-state index contributed by atoms with van der Waals surface area (Å²) >= 11 is 0. The number of benzene rings is 1. The number of halogens is 1. The SMILES string of the molecule is Cc1ccc(F)cc1CNC(CCO)C(C)(C)C. The van der Waals surface area contributed by atoms with Gasteiger partial charge in [-0.1, -0.05) is 26.8 Å². The summed E-state index contributed by atoms with van der Waals surface area (Å²) in [6, 6.07) is 5.06. The van der Waals surface area contributed by atoms with Gasteiger partial charge in [0.25, 0.3) is 0 Å². The summed E-state index contributed by atoms with van der Waals surface area (Å²) in [4.78, 5) is 0. The van der Waals surface area contributed by atoms with Crippen molar-refractivity contribution in [2.45, 2.75) is 46.7 Å². The van der Waals surface area contributed by atoms with Gasteiger partial charge in [-0.2, -0.15) is 0 Å². The molecule has 0 aliphatic rings. The van der Waals surface area contributed by atoms with Crippen LogP contribution in [0.3, 0.4) is 0 Å². The molecule has 0 amide bonds. The van der Waals surface area contributed by atoms with E-state index in [0.29, 0.717) is 13.0 Å². The minimum Gasteiger partial charge on any atom is -0.396 e. The molecular formula is C15H24FNO. The molecule has 102 valence electrons. The van der Waals surface area contributed by atoms with Crippen LogP contribution < -0.4 is 5.32 Å². The first-order chi connectivity index (χ1) is 8.34. The lowest BCUT2D eigenvalue weighted by Crippen LogP contribution is -2.40. The first-order valence-electron chi connectivity index (χ1n) is 6.44. The Labute approximate surface area is 109 Å². The number of rotatable bonds is 5. The molecule has 18 heavy (non-hydrogen) atoms. The topological polar surface area (TPSA) is 32.3 Å². The lowest BCUT2D eigenvalue weighted by atomic mass is 9.85. The molecule has 0 saturated carbocycles. The predicted octanol–water partition coefficient (Wildman–Crippen LogP) is 3.02. The van der Waals surface area contributed by atoms with Crippen molar-refractivity contribution in [1.29, 1.82) is 0 Å². The molecule has 0 radical (unpaired) electrons. The molecule has 0 aliphatic heterocycles. The maximum Gasteiger partial charge on any atom is 0.123 e. The van der Waals surface area contributed by atoms with E-state index in [9.17, 15) is 4.39 Å². The zero-order valence-corrected chi connectivity index (χ0v) is 11.8. The van der Waals surface area contributed by atoms with Gasteiger partial charge in [0.15, 0.2) is 0 Å². The van der Waals surface area contributed by atoms with Crippen LogP contribution in [0.5, 0.6) is 0 Å². The number of nitrogens with one attached hydrogen (secondary N) is 1. The quantitative estimate of drug-likeness (QED) is 0.845. The largest absolute Gasteiger partial charge is 0.396 e. The molecule has 1 atom stereocenters. The third-order valence-electron chi connectivity index (χ3n) is 3.31. The second-order valence-corrected chi connectivity index (χ2v) is 5.88. The molecule has 0 aliphatic carbocycles.